The molecule has 1 N–H and O–H groups in total. The number of allylic oxidation sites excluding steroid dienone is 2. The Morgan fingerprint density at radius 2 is 1.49 bits per heavy atom. The van der Waals surface area contributed by atoms with Crippen molar-refractivity contribution >= 4 is 38.0 Å². The number of ketones is 1. The third kappa shape index (κ3) is 9.60. The Hall–Kier alpha value is -3.25. The maximum absolute atomic E-state index is 12.2. The normalized spacial score (nSPS) is 12.5. The van der Waals surface area contributed by atoms with Crippen molar-refractivity contribution in [1.82, 2.24) is 15.0 Å². The van der Waals surface area contributed by atoms with Gasteiger partial charge in [-0.25, -0.2) is 4.98 Å². The molecule has 5 rings (SSSR count). The monoisotopic (exact) mass is 883 g/mol. The summed E-state index contributed by atoms with van der Waals surface area (Å²) in [4.78, 5) is 26.3. The van der Waals surface area contributed by atoms with Crippen molar-refractivity contribution in [2.75, 3.05) is 0 Å². The number of aromatic nitrogens is 3. The quantitative estimate of drug-likeness (QED) is 0.0812. The van der Waals surface area contributed by atoms with Gasteiger partial charge in [-0.1, -0.05) is 105 Å². The molecule has 0 fully saturated rings. The molecule has 0 aliphatic carbocycles. The molecule has 0 saturated carbocycles. The Kier molecular flexibility index (Phi) is 14.5. The van der Waals surface area contributed by atoms with Crippen LogP contribution < -0.4 is 0 Å². The summed E-state index contributed by atoms with van der Waals surface area (Å²) in [7, 11) is 0. The maximum Gasteiger partial charge on any atom is 0.164 e. The Labute approximate surface area is 323 Å². The van der Waals surface area contributed by atoms with Gasteiger partial charge in [-0.2, -0.15) is 0 Å². The second-order valence-corrected chi connectivity index (χ2v) is 16.4. The Morgan fingerprint density at radius 1 is 0.863 bits per heavy atom. The van der Waals surface area contributed by atoms with Crippen molar-refractivity contribution < 1.29 is 30.0 Å². The van der Waals surface area contributed by atoms with E-state index in [-0.39, 0.29) is 47.9 Å². The number of nitrogens with zero attached hydrogens (tertiary/aromatic N) is 3. The molecule has 0 spiro atoms. The van der Waals surface area contributed by atoms with Crippen LogP contribution in [0.15, 0.2) is 72.2 Å². The van der Waals surface area contributed by atoms with Gasteiger partial charge in [0.2, 0.25) is 0 Å². The first-order chi connectivity index (χ1) is 23.6. The van der Waals surface area contributed by atoms with Gasteiger partial charge in [0.15, 0.2) is 5.78 Å². The van der Waals surface area contributed by atoms with E-state index in [1.54, 1.807) is 17.7 Å². The Balaban J connectivity index is 0.000000335. The predicted molar refractivity (Wildman–Crippen MR) is 213 cm³/mol. The molecule has 7 heteroatoms. The van der Waals surface area contributed by atoms with E-state index in [1.165, 1.54) is 27.1 Å². The molecular weight excluding hydrogens is 827 g/mol. The maximum atomic E-state index is 12.2. The van der Waals surface area contributed by atoms with Crippen LogP contribution in [0.1, 0.15) is 113 Å². The number of pyridine rings is 1. The molecule has 5 nitrogen and oxygen atoms in total. The summed E-state index contributed by atoms with van der Waals surface area (Å²) in [6.07, 6.45) is 9.37. The van der Waals surface area contributed by atoms with Crippen LogP contribution in [0.2, 0.25) is 0 Å². The number of aliphatic hydroxyl groups excluding tert-OH is 1. The number of thiophene rings is 1. The van der Waals surface area contributed by atoms with Crippen LogP contribution in [-0.2, 0) is 36.7 Å². The van der Waals surface area contributed by atoms with E-state index in [2.05, 4.69) is 98.5 Å². The molecule has 0 amide bonds. The third-order valence-electron chi connectivity index (χ3n) is 10.6. The van der Waals surface area contributed by atoms with Crippen LogP contribution in [0.25, 0.3) is 43.4 Å². The summed E-state index contributed by atoms with van der Waals surface area (Å²) in [5, 5.41) is 15.9. The van der Waals surface area contributed by atoms with Gasteiger partial charge >= 0.3 is 0 Å². The van der Waals surface area contributed by atoms with Crippen LogP contribution in [0.5, 0.6) is 0 Å². The zero-order valence-electron chi connectivity index (χ0n) is 32.4. The second-order valence-electron chi connectivity index (χ2n) is 15.5. The summed E-state index contributed by atoms with van der Waals surface area (Å²) in [5.41, 5.74) is 5.71. The minimum atomic E-state index is -0.337. The van der Waals surface area contributed by atoms with Gasteiger partial charge in [0, 0.05) is 70.2 Å². The van der Waals surface area contributed by atoms with Crippen molar-refractivity contribution in [3.05, 3.63) is 89.5 Å². The molecule has 0 aliphatic rings. The SMILES string of the molecule is CC(C)Cc1ncc(-c2cc(-c3[c-]c4ccccc4c(C(C)(C)C)c3)ncn2)c2sccc12.CCC(C)(CC)C(=O)/C=C(\O)C(C)(CC)CC.[Ir]. The fourth-order valence-electron chi connectivity index (χ4n) is 6.07. The third-order valence-corrected chi connectivity index (χ3v) is 11.5. The van der Waals surface area contributed by atoms with Crippen LogP contribution in [0.4, 0.5) is 0 Å². The first-order valence-electron chi connectivity index (χ1n) is 18.2. The largest absolute Gasteiger partial charge is 0.512 e. The number of carbonyl (C=O) groups is 1. The van der Waals surface area contributed by atoms with Gasteiger partial charge in [0.05, 0.1) is 5.69 Å². The minimum absolute atomic E-state index is 0. The fourth-order valence-corrected chi connectivity index (χ4v) is 7.01. The number of hydrogen-bond donors (Lipinski definition) is 1. The summed E-state index contributed by atoms with van der Waals surface area (Å²) < 4.78 is 1.24. The van der Waals surface area contributed by atoms with E-state index in [0.29, 0.717) is 5.92 Å². The summed E-state index contributed by atoms with van der Waals surface area (Å²) in [6.45, 7) is 23.3. The molecular formula is C44H56IrN3O2S-. The number of carbonyl (C=O) groups excluding carboxylic acids is 1. The predicted octanol–water partition coefficient (Wildman–Crippen LogP) is 12.5. The molecule has 0 bridgehead atoms. The molecule has 51 heavy (non-hydrogen) atoms. The summed E-state index contributed by atoms with van der Waals surface area (Å²) in [6, 6.07) is 18.6. The zero-order valence-corrected chi connectivity index (χ0v) is 35.6. The molecule has 1 radical (unpaired) electrons. The van der Waals surface area contributed by atoms with Gasteiger partial charge in [-0.3, -0.25) is 14.8 Å². The molecule has 2 aromatic carbocycles. The molecule has 0 saturated heterocycles. The van der Waals surface area contributed by atoms with Crippen LogP contribution in [0.3, 0.4) is 0 Å². The van der Waals surface area contributed by atoms with Crippen molar-refractivity contribution in [2.45, 2.75) is 114 Å². The average molecular weight is 883 g/mol. The molecule has 3 aromatic heterocycles. The van der Waals surface area contributed by atoms with Crippen LogP contribution in [-0.4, -0.2) is 25.8 Å². The summed E-state index contributed by atoms with van der Waals surface area (Å²) in [5.74, 6) is 0.853. The number of benzene rings is 2. The Bertz CT molecular complexity index is 1960. The van der Waals surface area contributed by atoms with Crippen molar-refractivity contribution in [1.29, 1.82) is 0 Å². The first kappa shape index (κ1) is 42.2. The number of fused-ring (bicyclic) bond motifs is 2. The minimum Gasteiger partial charge on any atom is -0.512 e. The molecule has 0 atom stereocenters. The van der Waals surface area contributed by atoms with Crippen molar-refractivity contribution in [3.8, 4) is 22.5 Å². The summed E-state index contributed by atoms with van der Waals surface area (Å²) >= 11 is 1.75. The van der Waals surface area contributed by atoms with E-state index >= 15 is 0 Å². The van der Waals surface area contributed by atoms with Gasteiger partial charge in [-0.15, -0.1) is 40.5 Å². The second kappa shape index (κ2) is 17.5. The van der Waals surface area contributed by atoms with Crippen LogP contribution in [0, 0.1) is 22.8 Å². The molecule has 0 aliphatic heterocycles. The number of hydrogen-bond acceptors (Lipinski definition) is 6. The van der Waals surface area contributed by atoms with E-state index < -0.39 is 0 Å². The van der Waals surface area contributed by atoms with E-state index in [4.69, 9.17) is 4.98 Å². The topological polar surface area (TPSA) is 76.0 Å². The molecule has 275 valence electrons. The van der Waals surface area contributed by atoms with Crippen LogP contribution >= 0.6 is 11.3 Å². The molecule has 0 unspecified atom stereocenters. The zero-order chi connectivity index (χ0) is 36.9. The Morgan fingerprint density at radius 3 is 2.10 bits per heavy atom. The van der Waals surface area contributed by atoms with Gasteiger partial charge < -0.3 is 5.11 Å². The standard InChI is InChI=1S/C29H28N3S.C15H28O2.Ir/c1-18(2)12-26-22-10-11-33-28(22)23(16-30-26)27-15-25(31-17-32-27)20-13-19-8-6-7-9-21(19)24(14-20)29(3,4)5;1-7-14(5,8-2)12(16)11-13(17)15(6,9-3)10-4;/h6-11,14-18H,12H2,1-5H3;11,16H,7-10H2,1-6H3;/q-1;;/b;12-11-;. The van der Waals surface area contributed by atoms with Crippen molar-refractivity contribution in [2.24, 2.45) is 16.7 Å². The fraction of sp³-hybridized carbons (Fsp3) is 0.455. The number of aliphatic hydroxyl groups is 1. The number of rotatable bonds is 11. The van der Waals surface area contributed by atoms with Crippen molar-refractivity contribution in [3.63, 3.8) is 0 Å². The van der Waals surface area contributed by atoms with E-state index in [1.807, 2.05) is 47.7 Å². The van der Waals surface area contributed by atoms with Gasteiger partial charge in [0.25, 0.3) is 0 Å². The molecule has 3 heterocycles. The van der Waals surface area contributed by atoms with Gasteiger partial charge in [0.1, 0.15) is 12.1 Å². The van der Waals surface area contributed by atoms with E-state index in [9.17, 15) is 9.90 Å². The van der Waals surface area contributed by atoms with E-state index in [0.717, 1.165) is 65.7 Å². The molecule has 5 aromatic rings. The smallest absolute Gasteiger partial charge is 0.164 e. The average Bonchev–Trinajstić information content (AvgIpc) is 3.61. The first-order valence-corrected chi connectivity index (χ1v) is 19.1. The van der Waals surface area contributed by atoms with Gasteiger partial charge in [-0.05, 0) is 60.9 Å².